The van der Waals surface area contributed by atoms with E-state index in [-0.39, 0.29) is 12.3 Å². The number of esters is 2. The molecule has 0 fully saturated rings. The van der Waals surface area contributed by atoms with Crippen LogP contribution in [-0.4, -0.2) is 66.9 Å². The van der Waals surface area contributed by atoms with Gasteiger partial charge in [-0.05, 0) is 11.1 Å². The van der Waals surface area contributed by atoms with Gasteiger partial charge in [-0.15, -0.1) is 0 Å². The number of amides is 2. The van der Waals surface area contributed by atoms with Crippen LogP contribution in [0.25, 0.3) is 0 Å². The summed E-state index contributed by atoms with van der Waals surface area (Å²) in [7, 11) is 2.20. The summed E-state index contributed by atoms with van der Waals surface area (Å²) in [6, 6.07) is 10.8. The van der Waals surface area contributed by atoms with Crippen molar-refractivity contribution in [3.05, 3.63) is 75.8 Å². The Hall–Kier alpha value is -4.52. The quantitative estimate of drug-likeness (QED) is 0.160. The number of aliphatic hydroxyl groups is 1. The number of hydrogen-bond acceptors (Lipinski definition) is 10. The first-order chi connectivity index (χ1) is 17.7. The largest absolute Gasteiger partial charge is 0.469 e. The van der Waals surface area contributed by atoms with Gasteiger partial charge in [0.25, 0.3) is 5.69 Å². The number of ether oxygens (including phenoxy) is 3. The molecule has 37 heavy (non-hydrogen) atoms. The molecule has 13 nitrogen and oxygen atoms in total. The van der Waals surface area contributed by atoms with Crippen LogP contribution < -0.4 is 10.6 Å². The van der Waals surface area contributed by atoms with E-state index in [0.29, 0.717) is 11.1 Å². The highest BCUT2D eigenvalue weighted by molar-refractivity contribution is 5.90. The number of nitrogens with zero attached hydrogens (tertiary/aromatic N) is 1. The zero-order valence-electron chi connectivity index (χ0n) is 20.1. The summed E-state index contributed by atoms with van der Waals surface area (Å²) in [4.78, 5) is 60.1. The Kier molecular flexibility index (Phi) is 11.0. The van der Waals surface area contributed by atoms with Gasteiger partial charge in [0.1, 0.15) is 18.7 Å². The van der Waals surface area contributed by atoms with Gasteiger partial charge in [-0.1, -0.05) is 42.5 Å². The van der Waals surface area contributed by atoms with Crippen LogP contribution in [-0.2, 0) is 35.2 Å². The monoisotopic (exact) mass is 517 g/mol. The minimum Gasteiger partial charge on any atom is -0.469 e. The van der Waals surface area contributed by atoms with E-state index in [1.54, 1.807) is 30.3 Å². The van der Waals surface area contributed by atoms with Gasteiger partial charge in [-0.3, -0.25) is 19.7 Å². The number of rotatable bonds is 12. The fraction of sp³-hybridized carbons (Fsp3) is 0.333. The second kappa shape index (κ2) is 14.1. The molecule has 2 aromatic rings. The van der Waals surface area contributed by atoms with Crippen molar-refractivity contribution in [2.24, 2.45) is 0 Å². The lowest BCUT2D eigenvalue weighted by molar-refractivity contribution is -0.384. The SMILES string of the molecule is COC(=O)C[C@@H](c1ccc([N+](=O)[O-])cc1)[C@H](NC(=O)[C@H](CO)NC(=O)OCc1ccccc1)C(=O)OC. The molecule has 0 aliphatic carbocycles. The van der Waals surface area contributed by atoms with Crippen molar-refractivity contribution >= 4 is 29.6 Å². The number of hydrogen-bond donors (Lipinski definition) is 3. The van der Waals surface area contributed by atoms with Crippen molar-refractivity contribution in [2.45, 2.75) is 31.0 Å². The predicted octanol–water partition coefficient (Wildman–Crippen LogP) is 1.19. The van der Waals surface area contributed by atoms with E-state index in [0.717, 1.165) is 14.2 Å². The molecular formula is C24H27N3O10. The first-order valence-corrected chi connectivity index (χ1v) is 11.0. The van der Waals surface area contributed by atoms with E-state index in [9.17, 15) is 34.4 Å². The molecule has 3 N–H and O–H groups in total. The molecule has 0 saturated heterocycles. The second-order valence-electron chi connectivity index (χ2n) is 7.69. The molecule has 2 rings (SSSR count). The van der Waals surface area contributed by atoms with Gasteiger partial charge >= 0.3 is 18.0 Å². The van der Waals surface area contributed by atoms with Crippen molar-refractivity contribution in [2.75, 3.05) is 20.8 Å². The lowest BCUT2D eigenvalue weighted by Crippen LogP contribution is -2.55. The number of methoxy groups -OCH3 is 2. The van der Waals surface area contributed by atoms with Crippen molar-refractivity contribution in [3.63, 3.8) is 0 Å². The maximum atomic E-state index is 12.9. The first kappa shape index (κ1) is 28.7. The van der Waals surface area contributed by atoms with Gasteiger partial charge in [0.15, 0.2) is 0 Å². The summed E-state index contributed by atoms with van der Waals surface area (Å²) in [5.74, 6) is -3.70. The van der Waals surface area contributed by atoms with Gasteiger partial charge in [-0.2, -0.15) is 0 Å². The molecule has 0 radical (unpaired) electrons. The van der Waals surface area contributed by atoms with Crippen LogP contribution in [0.15, 0.2) is 54.6 Å². The third kappa shape index (κ3) is 8.58. The minimum atomic E-state index is -1.51. The highest BCUT2D eigenvalue weighted by Crippen LogP contribution is 2.27. The number of nitro benzene ring substituents is 1. The molecule has 0 unspecified atom stereocenters. The summed E-state index contributed by atoms with van der Waals surface area (Å²) in [6.07, 6.45) is -1.39. The van der Waals surface area contributed by atoms with Crippen LogP contribution in [0.1, 0.15) is 23.5 Å². The van der Waals surface area contributed by atoms with Crippen LogP contribution in [0.4, 0.5) is 10.5 Å². The standard InChI is InChI=1S/C24H27N3O10/c1-35-20(29)12-18(16-8-10-17(11-9-16)27(33)34)21(23(31)36-2)26-22(30)19(13-28)25-24(32)37-14-15-6-4-3-5-7-15/h3-11,18-19,21,28H,12-14H2,1-2H3,(H,25,32)(H,26,30)/t18-,19-,21-/m0/s1. The Labute approximate surface area is 211 Å². The fourth-order valence-electron chi connectivity index (χ4n) is 3.34. The van der Waals surface area contributed by atoms with Crippen molar-refractivity contribution in [3.8, 4) is 0 Å². The van der Waals surface area contributed by atoms with E-state index in [1.165, 1.54) is 24.3 Å². The third-order valence-electron chi connectivity index (χ3n) is 5.31. The van der Waals surface area contributed by atoms with Crippen molar-refractivity contribution < 1.29 is 43.4 Å². The zero-order chi connectivity index (χ0) is 27.4. The number of nitro groups is 1. The molecule has 0 aromatic heterocycles. The Morgan fingerprint density at radius 3 is 2.16 bits per heavy atom. The highest BCUT2D eigenvalue weighted by atomic mass is 16.6. The molecule has 2 amide bonds. The van der Waals surface area contributed by atoms with E-state index in [1.807, 2.05) is 0 Å². The van der Waals surface area contributed by atoms with Gasteiger partial charge in [0.05, 0.1) is 32.2 Å². The summed E-state index contributed by atoms with van der Waals surface area (Å²) >= 11 is 0. The molecule has 13 heteroatoms. The molecule has 0 aliphatic rings. The Morgan fingerprint density at radius 2 is 1.62 bits per heavy atom. The molecule has 198 valence electrons. The fourth-order valence-corrected chi connectivity index (χ4v) is 3.34. The summed E-state index contributed by atoms with van der Waals surface area (Å²) in [5, 5.41) is 25.3. The van der Waals surface area contributed by atoms with Gasteiger partial charge in [-0.25, -0.2) is 9.59 Å². The molecule has 0 aliphatic heterocycles. The normalized spacial score (nSPS) is 12.8. The van der Waals surface area contributed by atoms with E-state index < -0.39 is 59.9 Å². The number of carbonyl (C=O) groups is 4. The number of benzene rings is 2. The third-order valence-corrected chi connectivity index (χ3v) is 5.31. The average molecular weight is 517 g/mol. The lowest BCUT2D eigenvalue weighted by Gasteiger charge is -2.27. The molecule has 0 saturated carbocycles. The maximum absolute atomic E-state index is 12.9. The van der Waals surface area contributed by atoms with E-state index >= 15 is 0 Å². The van der Waals surface area contributed by atoms with E-state index in [2.05, 4.69) is 10.6 Å². The van der Waals surface area contributed by atoms with Crippen LogP contribution in [0, 0.1) is 10.1 Å². The summed E-state index contributed by atoms with van der Waals surface area (Å²) in [5.41, 5.74) is 0.766. The number of carbonyl (C=O) groups excluding carboxylic acids is 4. The molecular weight excluding hydrogens is 490 g/mol. The highest BCUT2D eigenvalue weighted by Gasteiger charge is 2.36. The molecule has 0 heterocycles. The van der Waals surface area contributed by atoms with Crippen LogP contribution >= 0.6 is 0 Å². The Morgan fingerprint density at radius 1 is 0.973 bits per heavy atom. The van der Waals surface area contributed by atoms with E-state index in [4.69, 9.17) is 14.2 Å². The van der Waals surface area contributed by atoms with Crippen LogP contribution in [0.5, 0.6) is 0 Å². The summed E-state index contributed by atoms with van der Waals surface area (Å²) in [6.45, 7) is -0.919. The van der Waals surface area contributed by atoms with Crippen molar-refractivity contribution in [1.29, 1.82) is 0 Å². The summed E-state index contributed by atoms with van der Waals surface area (Å²) < 4.78 is 14.5. The van der Waals surface area contributed by atoms with Gasteiger partial charge < -0.3 is 30.0 Å². The molecule has 3 atom stereocenters. The van der Waals surface area contributed by atoms with Crippen LogP contribution in [0.3, 0.4) is 0 Å². The number of alkyl carbamates (subject to hydrolysis) is 1. The maximum Gasteiger partial charge on any atom is 0.408 e. The molecule has 0 bridgehead atoms. The lowest BCUT2D eigenvalue weighted by atomic mass is 9.88. The molecule has 2 aromatic carbocycles. The Balaban J connectivity index is 2.21. The smallest absolute Gasteiger partial charge is 0.408 e. The average Bonchev–Trinajstić information content (AvgIpc) is 2.92. The van der Waals surface area contributed by atoms with Gasteiger partial charge in [0.2, 0.25) is 5.91 Å². The topological polar surface area (TPSA) is 183 Å². The van der Waals surface area contributed by atoms with Crippen LogP contribution in [0.2, 0.25) is 0 Å². The first-order valence-electron chi connectivity index (χ1n) is 11.0. The number of non-ortho nitro benzene ring substituents is 1. The predicted molar refractivity (Wildman–Crippen MR) is 127 cm³/mol. The van der Waals surface area contributed by atoms with Gasteiger partial charge in [0, 0.05) is 18.1 Å². The minimum absolute atomic E-state index is 0.0847. The molecule has 0 spiro atoms. The number of aliphatic hydroxyl groups excluding tert-OH is 1. The van der Waals surface area contributed by atoms with Crippen molar-refractivity contribution in [1.82, 2.24) is 10.6 Å². The number of nitrogens with one attached hydrogen (secondary N) is 2. The Bertz CT molecular complexity index is 1090. The zero-order valence-corrected chi connectivity index (χ0v) is 20.1. The second-order valence-corrected chi connectivity index (χ2v) is 7.69.